The molecule has 2 aromatic rings. The number of nitrogens with one attached hydrogen (secondary N) is 1. The summed E-state index contributed by atoms with van der Waals surface area (Å²) in [5.41, 5.74) is 0.675. The zero-order valence-electron chi connectivity index (χ0n) is 14.8. The lowest BCUT2D eigenvalue weighted by Gasteiger charge is -2.15. The van der Waals surface area contributed by atoms with Gasteiger partial charge in [-0.3, -0.25) is 14.9 Å². The highest BCUT2D eigenvalue weighted by atomic mass is 32.2. The zero-order valence-corrected chi connectivity index (χ0v) is 15.6. The van der Waals surface area contributed by atoms with Crippen molar-refractivity contribution < 1.29 is 14.5 Å². The normalized spacial score (nSPS) is 11.6. The third kappa shape index (κ3) is 5.77. The van der Waals surface area contributed by atoms with Crippen LogP contribution in [0.4, 0.5) is 11.4 Å². The lowest BCUT2D eigenvalue weighted by atomic mass is 10.2. The quantitative estimate of drug-likeness (QED) is 0.292. The number of rotatable bonds is 9. The fraction of sp³-hybridized carbons (Fsp3) is 0.316. The summed E-state index contributed by atoms with van der Waals surface area (Å²) in [7, 11) is 0. The summed E-state index contributed by atoms with van der Waals surface area (Å²) < 4.78 is 5.73. The van der Waals surface area contributed by atoms with E-state index < -0.39 is 4.92 Å². The molecule has 0 fully saturated rings. The zero-order chi connectivity index (χ0) is 18.9. The van der Waals surface area contributed by atoms with Gasteiger partial charge in [0.2, 0.25) is 5.91 Å². The summed E-state index contributed by atoms with van der Waals surface area (Å²) in [6, 6.07) is 13.5. The number of hydrogen-bond donors (Lipinski definition) is 1. The van der Waals surface area contributed by atoms with E-state index in [1.165, 1.54) is 23.9 Å². The number of para-hydroxylation sites is 2. The van der Waals surface area contributed by atoms with E-state index in [-0.39, 0.29) is 16.8 Å². The van der Waals surface area contributed by atoms with Gasteiger partial charge in [-0.2, -0.15) is 0 Å². The summed E-state index contributed by atoms with van der Waals surface area (Å²) >= 11 is 1.34. The summed E-state index contributed by atoms with van der Waals surface area (Å²) in [5.74, 6) is 0.502. The number of nitro groups is 1. The van der Waals surface area contributed by atoms with Crippen molar-refractivity contribution >= 4 is 29.0 Å². The minimum absolute atomic E-state index is 0.0320. The van der Waals surface area contributed by atoms with E-state index in [1.54, 1.807) is 19.1 Å². The largest absolute Gasteiger partial charge is 0.491 e. The molecular formula is C19H22N2O4S. The van der Waals surface area contributed by atoms with Crippen LogP contribution in [0.25, 0.3) is 0 Å². The minimum atomic E-state index is -0.444. The maximum absolute atomic E-state index is 12.5. The Bertz CT molecular complexity index is 749. The highest BCUT2D eigenvalue weighted by Gasteiger charge is 2.17. The van der Waals surface area contributed by atoms with Gasteiger partial charge in [-0.15, -0.1) is 11.8 Å². The van der Waals surface area contributed by atoms with Crippen molar-refractivity contribution in [1.82, 2.24) is 0 Å². The average molecular weight is 374 g/mol. The first-order valence-corrected chi connectivity index (χ1v) is 9.33. The molecule has 26 heavy (non-hydrogen) atoms. The average Bonchev–Trinajstić information content (AvgIpc) is 2.63. The van der Waals surface area contributed by atoms with Gasteiger partial charge in [0.05, 0.1) is 22.5 Å². The number of benzene rings is 2. The maximum atomic E-state index is 12.5. The summed E-state index contributed by atoms with van der Waals surface area (Å²) in [6.07, 6.45) is 1.99. The molecule has 2 rings (SSSR count). The number of ether oxygens (including phenoxy) is 1. The fourth-order valence-corrected chi connectivity index (χ4v) is 3.03. The number of non-ortho nitro benzene ring substituents is 1. The van der Waals surface area contributed by atoms with Gasteiger partial charge >= 0.3 is 0 Å². The van der Waals surface area contributed by atoms with E-state index in [0.29, 0.717) is 18.0 Å². The van der Waals surface area contributed by atoms with Crippen molar-refractivity contribution in [3.63, 3.8) is 0 Å². The Labute approximate surface area is 157 Å². The van der Waals surface area contributed by atoms with Crippen LogP contribution < -0.4 is 10.1 Å². The third-order valence-electron chi connectivity index (χ3n) is 3.63. The number of carbonyl (C=O) groups is 1. The van der Waals surface area contributed by atoms with Gasteiger partial charge in [0.15, 0.2) is 0 Å². The van der Waals surface area contributed by atoms with Gasteiger partial charge in [0.1, 0.15) is 5.75 Å². The third-order valence-corrected chi connectivity index (χ3v) is 4.74. The number of thioether (sulfide) groups is 1. The van der Waals surface area contributed by atoms with Crippen LogP contribution in [0.5, 0.6) is 5.75 Å². The van der Waals surface area contributed by atoms with Crippen molar-refractivity contribution in [3.8, 4) is 5.75 Å². The molecular weight excluding hydrogens is 352 g/mol. The van der Waals surface area contributed by atoms with Crippen LogP contribution >= 0.6 is 11.8 Å². The predicted octanol–water partition coefficient (Wildman–Crippen LogP) is 4.89. The Morgan fingerprint density at radius 2 is 1.92 bits per heavy atom. The number of nitro benzene ring substituents is 1. The lowest BCUT2D eigenvalue weighted by Crippen LogP contribution is -2.22. The molecule has 6 nitrogen and oxygen atoms in total. The fourth-order valence-electron chi connectivity index (χ4n) is 2.16. The van der Waals surface area contributed by atoms with Gasteiger partial charge in [-0.05, 0) is 37.6 Å². The second-order valence-corrected chi connectivity index (χ2v) is 7.11. The molecule has 0 spiro atoms. The van der Waals surface area contributed by atoms with Crippen LogP contribution in [0.1, 0.15) is 26.7 Å². The second-order valence-electron chi connectivity index (χ2n) is 5.70. The molecule has 7 heteroatoms. The van der Waals surface area contributed by atoms with Crippen LogP contribution in [0, 0.1) is 10.1 Å². The molecule has 1 atom stereocenters. The number of unbranched alkanes of at least 4 members (excludes halogenated alkanes) is 1. The standard InChI is InChI=1S/C19H22N2O4S/c1-3-4-13-25-18-8-6-5-7-17(18)20-19(22)14(2)26-16-11-9-15(10-12-16)21(23)24/h5-12,14H,3-4,13H2,1-2H3,(H,20,22). The minimum Gasteiger partial charge on any atom is -0.491 e. The topological polar surface area (TPSA) is 81.5 Å². The summed E-state index contributed by atoms with van der Waals surface area (Å²) in [4.78, 5) is 23.5. The van der Waals surface area contributed by atoms with E-state index in [0.717, 1.165) is 17.7 Å². The maximum Gasteiger partial charge on any atom is 0.269 e. The molecule has 2 aromatic carbocycles. The highest BCUT2D eigenvalue weighted by molar-refractivity contribution is 8.00. The SMILES string of the molecule is CCCCOc1ccccc1NC(=O)C(C)Sc1ccc([N+](=O)[O-])cc1. The number of amides is 1. The van der Waals surface area contributed by atoms with Crippen LogP contribution in [-0.4, -0.2) is 22.7 Å². The molecule has 1 N–H and O–H groups in total. The van der Waals surface area contributed by atoms with Crippen molar-refractivity contribution in [2.24, 2.45) is 0 Å². The van der Waals surface area contributed by atoms with E-state index in [4.69, 9.17) is 4.74 Å². The Kier molecular flexibility index (Phi) is 7.47. The van der Waals surface area contributed by atoms with Gasteiger partial charge in [-0.1, -0.05) is 25.5 Å². The van der Waals surface area contributed by atoms with E-state index in [9.17, 15) is 14.9 Å². The lowest BCUT2D eigenvalue weighted by molar-refractivity contribution is -0.384. The predicted molar refractivity (Wildman–Crippen MR) is 104 cm³/mol. The van der Waals surface area contributed by atoms with Crippen LogP contribution in [0.3, 0.4) is 0 Å². The van der Waals surface area contributed by atoms with Crippen LogP contribution in [0.2, 0.25) is 0 Å². The molecule has 0 bridgehead atoms. The number of nitrogens with zero attached hydrogens (tertiary/aromatic N) is 1. The van der Waals surface area contributed by atoms with E-state index >= 15 is 0 Å². The van der Waals surface area contributed by atoms with Crippen LogP contribution in [0.15, 0.2) is 53.4 Å². The molecule has 1 amide bonds. The molecule has 0 aliphatic rings. The molecule has 0 radical (unpaired) electrons. The van der Waals surface area contributed by atoms with Crippen molar-refractivity contribution in [3.05, 3.63) is 58.6 Å². The Morgan fingerprint density at radius 3 is 2.58 bits per heavy atom. The number of hydrogen-bond acceptors (Lipinski definition) is 5. The molecule has 0 saturated heterocycles. The van der Waals surface area contributed by atoms with Gasteiger partial charge < -0.3 is 10.1 Å². The smallest absolute Gasteiger partial charge is 0.269 e. The van der Waals surface area contributed by atoms with Gasteiger partial charge in [0, 0.05) is 17.0 Å². The first-order valence-electron chi connectivity index (χ1n) is 8.45. The van der Waals surface area contributed by atoms with Gasteiger partial charge in [0.25, 0.3) is 5.69 Å². The molecule has 138 valence electrons. The number of anilines is 1. The van der Waals surface area contributed by atoms with Gasteiger partial charge in [-0.25, -0.2) is 0 Å². The molecule has 0 aliphatic heterocycles. The highest BCUT2D eigenvalue weighted by Crippen LogP contribution is 2.28. The van der Waals surface area contributed by atoms with E-state index in [1.807, 2.05) is 24.3 Å². The first kappa shape index (κ1) is 19.8. The molecule has 0 saturated carbocycles. The Morgan fingerprint density at radius 1 is 1.23 bits per heavy atom. The first-order chi connectivity index (χ1) is 12.5. The molecule has 0 aliphatic carbocycles. The van der Waals surface area contributed by atoms with Crippen molar-refractivity contribution in [2.45, 2.75) is 36.8 Å². The van der Waals surface area contributed by atoms with Crippen LogP contribution in [-0.2, 0) is 4.79 Å². The molecule has 1 unspecified atom stereocenters. The summed E-state index contributed by atoms with van der Waals surface area (Å²) in [6.45, 7) is 4.49. The molecule has 0 heterocycles. The summed E-state index contributed by atoms with van der Waals surface area (Å²) in [5, 5.41) is 13.2. The Balaban J connectivity index is 1.97. The number of carbonyl (C=O) groups excluding carboxylic acids is 1. The molecule has 0 aromatic heterocycles. The van der Waals surface area contributed by atoms with Crippen molar-refractivity contribution in [1.29, 1.82) is 0 Å². The van der Waals surface area contributed by atoms with Crippen molar-refractivity contribution in [2.75, 3.05) is 11.9 Å². The monoisotopic (exact) mass is 374 g/mol. The Hall–Kier alpha value is -2.54. The second kappa shape index (κ2) is 9.82. The van der Waals surface area contributed by atoms with E-state index in [2.05, 4.69) is 12.2 Å².